The normalized spacial score (nSPS) is 10.4. The Bertz CT molecular complexity index is 566. The number of nitrogens with zero attached hydrogens (tertiary/aromatic N) is 1. The number of benzene rings is 1. The first kappa shape index (κ1) is 12.9. The number of aromatic nitrogens is 1. The smallest absolute Gasteiger partial charge is 0.223 e. The van der Waals surface area contributed by atoms with Crippen LogP contribution in [0.5, 0.6) is 11.6 Å². The minimum Gasteiger partial charge on any atom is -0.438 e. The van der Waals surface area contributed by atoms with Crippen molar-refractivity contribution in [3.8, 4) is 11.6 Å². The van der Waals surface area contributed by atoms with Gasteiger partial charge in [-0.05, 0) is 49.6 Å². The molecule has 0 radical (unpaired) electrons. The molecule has 0 spiro atoms. The van der Waals surface area contributed by atoms with Gasteiger partial charge in [0, 0.05) is 11.8 Å². The maximum absolute atomic E-state index is 5.90. The van der Waals surface area contributed by atoms with Crippen LogP contribution in [0.15, 0.2) is 30.5 Å². The highest BCUT2D eigenvalue weighted by Crippen LogP contribution is 2.29. The second kappa shape index (κ2) is 5.40. The van der Waals surface area contributed by atoms with Crippen molar-refractivity contribution in [2.75, 3.05) is 0 Å². The molecule has 0 amide bonds. The topological polar surface area (TPSA) is 22.1 Å². The molecule has 0 saturated heterocycles. The van der Waals surface area contributed by atoms with Gasteiger partial charge < -0.3 is 4.74 Å². The summed E-state index contributed by atoms with van der Waals surface area (Å²) in [5, 5.41) is 0. The molecular weight excluding hydrogens is 246 g/mol. The third-order valence-electron chi connectivity index (χ3n) is 2.96. The van der Waals surface area contributed by atoms with Gasteiger partial charge in [-0.25, -0.2) is 4.98 Å². The fraction of sp³-hybridized carbons (Fsp3) is 0.267. The van der Waals surface area contributed by atoms with Crippen molar-refractivity contribution in [1.82, 2.24) is 4.98 Å². The van der Waals surface area contributed by atoms with Crippen LogP contribution in [0, 0.1) is 20.8 Å². The van der Waals surface area contributed by atoms with Crippen molar-refractivity contribution >= 4 is 11.6 Å². The highest BCUT2D eigenvalue weighted by atomic mass is 35.5. The lowest BCUT2D eigenvalue weighted by atomic mass is 10.1. The lowest BCUT2D eigenvalue weighted by Crippen LogP contribution is -1.96. The van der Waals surface area contributed by atoms with Crippen LogP contribution < -0.4 is 4.74 Å². The number of ether oxygens (including phenoxy) is 1. The average Bonchev–Trinajstić information content (AvgIpc) is 2.36. The summed E-state index contributed by atoms with van der Waals surface area (Å²) in [7, 11) is 0. The second-order valence-corrected chi connectivity index (χ2v) is 4.68. The van der Waals surface area contributed by atoms with E-state index in [9.17, 15) is 0 Å². The van der Waals surface area contributed by atoms with Gasteiger partial charge in [0.15, 0.2) is 0 Å². The molecule has 2 aromatic rings. The number of aryl methyl sites for hydroxylation is 2. The lowest BCUT2D eigenvalue weighted by Gasteiger charge is -2.13. The van der Waals surface area contributed by atoms with E-state index in [1.165, 1.54) is 11.1 Å². The van der Waals surface area contributed by atoms with Gasteiger partial charge in [0.05, 0.1) is 5.88 Å². The van der Waals surface area contributed by atoms with E-state index in [4.69, 9.17) is 16.3 Å². The number of pyridine rings is 1. The van der Waals surface area contributed by atoms with Gasteiger partial charge in [-0.2, -0.15) is 0 Å². The SMILES string of the molecule is Cc1cc(C)c(C)c(Oc2ncccc2CCl)c1. The molecule has 0 atom stereocenters. The molecule has 0 aliphatic heterocycles. The molecular formula is C15H16ClNO. The van der Waals surface area contributed by atoms with Gasteiger partial charge in [0.2, 0.25) is 5.88 Å². The van der Waals surface area contributed by atoms with Gasteiger partial charge in [-0.1, -0.05) is 12.1 Å². The lowest BCUT2D eigenvalue weighted by molar-refractivity contribution is 0.454. The molecule has 2 nitrogen and oxygen atoms in total. The minimum absolute atomic E-state index is 0.396. The molecule has 0 aliphatic rings. The van der Waals surface area contributed by atoms with Gasteiger partial charge in [0.1, 0.15) is 5.75 Å². The summed E-state index contributed by atoms with van der Waals surface area (Å²) in [6, 6.07) is 7.95. The highest BCUT2D eigenvalue weighted by molar-refractivity contribution is 6.17. The Morgan fingerprint density at radius 2 is 2.00 bits per heavy atom. The standard InChI is InChI=1S/C15H16ClNO/c1-10-7-11(2)12(3)14(8-10)18-15-13(9-16)5-4-6-17-15/h4-8H,9H2,1-3H3. The molecule has 0 fully saturated rings. The van der Waals surface area contributed by atoms with E-state index >= 15 is 0 Å². The van der Waals surface area contributed by atoms with E-state index in [1.54, 1.807) is 6.20 Å². The van der Waals surface area contributed by atoms with Crippen LogP contribution in [-0.4, -0.2) is 4.98 Å². The summed E-state index contributed by atoms with van der Waals surface area (Å²) in [4.78, 5) is 4.24. The number of alkyl halides is 1. The molecule has 0 N–H and O–H groups in total. The number of hydrogen-bond donors (Lipinski definition) is 0. The first-order valence-corrected chi connectivity index (χ1v) is 6.41. The predicted molar refractivity (Wildman–Crippen MR) is 74.5 cm³/mol. The van der Waals surface area contributed by atoms with Crippen LogP contribution in [0.4, 0.5) is 0 Å². The fourth-order valence-electron chi connectivity index (χ4n) is 1.83. The molecule has 0 aliphatic carbocycles. The number of hydrogen-bond acceptors (Lipinski definition) is 2. The molecule has 2 rings (SSSR count). The molecule has 18 heavy (non-hydrogen) atoms. The van der Waals surface area contributed by atoms with Gasteiger partial charge in [-0.15, -0.1) is 11.6 Å². The van der Waals surface area contributed by atoms with Crippen LogP contribution in [-0.2, 0) is 5.88 Å². The second-order valence-electron chi connectivity index (χ2n) is 4.41. The van der Waals surface area contributed by atoms with Crippen LogP contribution in [0.25, 0.3) is 0 Å². The zero-order chi connectivity index (χ0) is 13.1. The van der Waals surface area contributed by atoms with Gasteiger partial charge in [0.25, 0.3) is 0 Å². The van der Waals surface area contributed by atoms with Crippen LogP contribution in [0.3, 0.4) is 0 Å². The predicted octanol–water partition coefficient (Wildman–Crippen LogP) is 4.54. The van der Waals surface area contributed by atoms with Crippen LogP contribution >= 0.6 is 11.6 Å². The Kier molecular flexibility index (Phi) is 3.87. The molecule has 1 aromatic heterocycles. The summed E-state index contributed by atoms with van der Waals surface area (Å²) in [6.07, 6.45) is 1.71. The largest absolute Gasteiger partial charge is 0.438 e. The molecule has 0 unspecified atom stereocenters. The molecule has 1 heterocycles. The average molecular weight is 262 g/mol. The molecule has 1 aromatic carbocycles. The van der Waals surface area contributed by atoms with Crippen molar-refractivity contribution in [3.05, 3.63) is 52.7 Å². The van der Waals surface area contributed by atoms with Crippen molar-refractivity contribution in [2.24, 2.45) is 0 Å². The van der Waals surface area contributed by atoms with Crippen molar-refractivity contribution in [2.45, 2.75) is 26.7 Å². The third kappa shape index (κ3) is 2.65. The van der Waals surface area contributed by atoms with E-state index in [1.807, 2.05) is 25.1 Å². The fourth-order valence-corrected chi connectivity index (χ4v) is 2.03. The maximum atomic E-state index is 5.90. The summed E-state index contributed by atoms with van der Waals surface area (Å²) in [5.41, 5.74) is 4.43. The monoisotopic (exact) mass is 261 g/mol. The van der Waals surface area contributed by atoms with E-state index in [2.05, 4.69) is 24.9 Å². The number of halogens is 1. The van der Waals surface area contributed by atoms with E-state index in [-0.39, 0.29) is 0 Å². The van der Waals surface area contributed by atoms with Crippen LogP contribution in [0.1, 0.15) is 22.3 Å². The summed E-state index contributed by atoms with van der Waals surface area (Å²) in [5.74, 6) is 1.82. The van der Waals surface area contributed by atoms with E-state index in [0.29, 0.717) is 11.8 Å². The Morgan fingerprint density at radius 3 is 2.72 bits per heavy atom. The molecule has 0 bridgehead atoms. The van der Waals surface area contributed by atoms with Crippen molar-refractivity contribution < 1.29 is 4.74 Å². The zero-order valence-corrected chi connectivity index (χ0v) is 11.6. The molecule has 3 heteroatoms. The summed E-state index contributed by atoms with van der Waals surface area (Å²) >= 11 is 5.88. The summed E-state index contributed by atoms with van der Waals surface area (Å²) in [6.45, 7) is 6.18. The molecule has 94 valence electrons. The molecule has 0 saturated carbocycles. The summed E-state index contributed by atoms with van der Waals surface area (Å²) < 4.78 is 5.90. The van der Waals surface area contributed by atoms with Crippen LogP contribution in [0.2, 0.25) is 0 Å². The number of rotatable bonds is 3. The Labute approximate surface area is 113 Å². The maximum Gasteiger partial charge on any atom is 0.223 e. The van der Waals surface area contributed by atoms with E-state index in [0.717, 1.165) is 16.9 Å². The zero-order valence-electron chi connectivity index (χ0n) is 10.8. The minimum atomic E-state index is 0.396. The quantitative estimate of drug-likeness (QED) is 0.757. The Hall–Kier alpha value is -1.54. The third-order valence-corrected chi connectivity index (χ3v) is 3.25. The van der Waals surface area contributed by atoms with E-state index < -0.39 is 0 Å². The Morgan fingerprint density at radius 1 is 1.22 bits per heavy atom. The van der Waals surface area contributed by atoms with Crippen molar-refractivity contribution in [3.63, 3.8) is 0 Å². The van der Waals surface area contributed by atoms with Gasteiger partial charge in [-0.3, -0.25) is 0 Å². The highest BCUT2D eigenvalue weighted by Gasteiger charge is 2.09. The first-order chi connectivity index (χ1) is 8.61. The Balaban J connectivity index is 2.40. The first-order valence-electron chi connectivity index (χ1n) is 5.87. The van der Waals surface area contributed by atoms with Crippen molar-refractivity contribution in [1.29, 1.82) is 0 Å². The van der Waals surface area contributed by atoms with Gasteiger partial charge >= 0.3 is 0 Å².